The van der Waals surface area contributed by atoms with Gasteiger partial charge in [-0.2, -0.15) is 0 Å². The van der Waals surface area contributed by atoms with Crippen LogP contribution < -0.4 is 0 Å². The second-order valence-electron chi connectivity index (χ2n) is 9.16. The zero-order valence-corrected chi connectivity index (χ0v) is 18.6. The van der Waals surface area contributed by atoms with Gasteiger partial charge in [0.2, 0.25) is 0 Å². The molecule has 8 rings (SSSR count). The summed E-state index contributed by atoms with van der Waals surface area (Å²) in [7, 11) is 0. The van der Waals surface area contributed by atoms with Crippen molar-refractivity contribution in [2.75, 3.05) is 0 Å². The normalized spacial score (nSPS) is 13.5. The Balaban J connectivity index is 1.54. The minimum absolute atomic E-state index is 1.02. The quantitative estimate of drug-likeness (QED) is 0.242. The molecule has 0 spiro atoms. The molecule has 3 heterocycles. The number of rotatable bonds is 1. The van der Waals surface area contributed by atoms with Crippen LogP contribution in [0.4, 0.5) is 0 Å². The van der Waals surface area contributed by atoms with E-state index in [1.807, 2.05) is 0 Å². The van der Waals surface area contributed by atoms with Gasteiger partial charge in [-0.1, -0.05) is 60.7 Å². The van der Waals surface area contributed by atoms with E-state index >= 15 is 0 Å². The molecule has 0 bridgehead atoms. The number of aromatic nitrogens is 3. The summed E-state index contributed by atoms with van der Waals surface area (Å²) >= 11 is 0. The molecule has 0 amide bonds. The highest BCUT2D eigenvalue weighted by molar-refractivity contribution is 6.14. The number of allylic oxidation sites excluding steroid dienone is 1. The summed E-state index contributed by atoms with van der Waals surface area (Å²) in [4.78, 5) is 5.01. The lowest BCUT2D eigenvalue weighted by atomic mass is 10.0. The van der Waals surface area contributed by atoms with Crippen molar-refractivity contribution in [1.82, 2.24) is 14.0 Å². The van der Waals surface area contributed by atoms with E-state index in [0.717, 1.165) is 29.5 Å². The van der Waals surface area contributed by atoms with Crippen molar-refractivity contribution >= 4 is 55.3 Å². The van der Waals surface area contributed by atoms with Crippen molar-refractivity contribution in [3.05, 3.63) is 108 Å². The zero-order valence-electron chi connectivity index (χ0n) is 18.6. The second kappa shape index (κ2) is 6.58. The standard InChI is InChI=1S/C31H21N3/c1-2-12-24-21(9-1)25-19-20(17-18-29(25)34-30-16-8-5-13-26(30)32-31(24)34)33-27-14-6-3-10-22(27)23-11-4-7-15-28(23)33/h1-3,5-10,12-19H,4,11H2. The molecule has 0 unspecified atom stereocenters. The predicted octanol–water partition coefficient (Wildman–Crippen LogP) is 7.70. The highest BCUT2D eigenvalue weighted by atomic mass is 15.0. The van der Waals surface area contributed by atoms with E-state index in [1.54, 1.807) is 0 Å². The molecule has 3 heteroatoms. The number of pyridine rings is 1. The van der Waals surface area contributed by atoms with Crippen molar-refractivity contribution < 1.29 is 0 Å². The summed E-state index contributed by atoms with van der Waals surface area (Å²) in [6.45, 7) is 0. The molecule has 7 aromatic rings. The Kier molecular flexibility index (Phi) is 3.50. The van der Waals surface area contributed by atoms with Gasteiger partial charge in [0.25, 0.3) is 0 Å². The lowest BCUT2D eigenvalue weighted by Crippen LogP contribution is -2.01. The fourth-order valence-corrected chi connectivity index (χ4v) is 5.90. The number of aryl methyl sites for hydroxylation is 1. The van der Waals surface area contributed by atoms with Crippen molar-refractivity contribution in [3.8, 4) is 5.69 Å². The van der Waals surface area contributed by atoms with Crippen LogP contribution in [0.5, 0.6) is 0 Å². The van der Waals surface area contributed by atoms with Crippen LogP contribution in [0.2, 0.25) is 0 Å². The molecule has 34 heavy (non-hydrogen) atoms. The van der Waals surface area contributed by atoms with Crippen LogP contribution in [0.1, 0.15) is 17.7 Å². The minimum atomic E-state index is 1.02. The first-order valence-corrected chi connectivity index (χ1v) is 11.9. The number of fused-ring (bicyclic) bond motifs is 11. The number of hydrogen-bond acceptors (Lipinski definition) is 1. The number of imidazole rings is 1. The first kappa shape index (κ1) is 18.1. The Labute approximate surface area is 196 Å². The number of hydrogen-bond donors (Lipinski definition) is 0. The van der Waals surface area contributed by atoms with Gasteiger partial charge < -0.3 is 4.57 Å². The largest absolute Gasteiger partial charge is 0.310 e. The maximum Gasteiger partial charge on any atom is 0.146 e. The summed E-state index contributed by atoms with van der Waals surface area (Å²) in [5.41, 5.74) is 9.62. The van der Waals surface area contributed by atoms with Crippen LogP contribution >= 0.6 is 0 Å². The molecule has 1 aliphatic rings. The third kappa shape index (κ3) is 2.28. The van der Waals surface area contributed by atoms with E-state index in [2.05, 4.69) is 112 Å². The average Bonchev–Trinajstić information content (AvgIpc) is 3.45. The molecule has 3 nitrogen and oxygen atoms in total. The van der Waals surface area contributed by atoms with Crippen LogP contribution in [0.3, 0.4) is 0 Å². The third-order valence-corrected chi connectivity index (χ3v) is 7.36. The summed E-state index contributed by atoms with van der Waals surface area (Å²) in [5, 5.41) is 5.03. The van der Waals surface area contributed by atoms with E-state index in [1.165, 1.54) is 49.5 Å². The van der Waals surface area contributed by atoms with Gasteiger partial charge in [-0.25, -0.2) is 4.98 Å². The Bertz CT molecular complexity index is 1970. The molecular formula is C31H21N3. The topological polar surface area (TPSA) is 22.2 Å². The monoisotopic (exact) mass is 435 g/mol. The predicted molar refractivity (Wildman–Crippen MR) is 142 cm³/mol. The van der Waals surface area contributed by atoms with Gasteiger partial charge in [-0.3, -0.25) is 4.40 Å². The fourth-order valence-electron chi connectivity index (χ4n) is 5.90. The Morgan fingerprint density at radius 1 is 0.647 bits per heavy atom. The van der Waals surface area contributed by atoms with Crippen LogP contribution in [-0.4, -0.2) is 14.0 Å². The van der Waals surface area contributed by atoms with Gasteiger partial charge in [0.15, 0.2) is 0 Å². The fraction of sp³-hybridized carbons (Fsp3) is 0.0645. The van der Waals surface area contributed by atoms with Crippen molar-refractivity contribution in [2.45, 2.75) is 12.8 Å². The lowest BCUT2D eigenvalue weighted by Gasteiger charge is -2.15. The SMILES string of the molecule is C1=Cc2c(c3ccccc3n2-c2ccc3c(c2)c2ccccc2c2nc4ccccc4n32)CC1. The highest BCUT2D eigenvalue weighted by Crippen LogP contribution is 2.37. The molecule has 0 atom stereocenters. The van der Waals surface area contributed by atoms with Crippen molar-refractivity contribution in [2.24, 2.45) is 0 Å². The number of nitrogens with zero attached hydrogens (tertiary/aromatic N) is 3. The summed E-state index contributed by atoms with van der Waals surface area (Å²) < 4.78 is 4.75. The first-order chi connectivity index (χ1) is 16.9. The summed E-state index contributed by atoms with van der Waals surface area (Å²) in [6, 6.07) is 32.8. The molecular weight excluding hydrogens is 414 g/mol. The molecule has 4 aromatic carbocycles. The van der Waals surface area contributed by atoms with Gasteiger partial charge in [0.05, 0.1) is 22.1 Å². The molecule has 0 saturated heterocycles. The van der Waals surface area contributed by atoms with Crippen LogP contribution in [-0.2, 0) is 6.42 Å². The minimum Gasteiger partial charge on any atom is -0.310 e. The zero-order chi connectivity index (χ0) is 22.2. The average molecular weight is 436 g/mol. The summed E-state index contributed by atoms with van der Waals surface area (Å²) in [6.07, 6.45) is 6.80. The molecule has 0 saturated carbocycles. The Morgan fingerprint density at radius 2 is 1.41 bits per heavy atom. The van der Waals surface area contributed by atoms with Crippen LogP contribution in [0.15, 0.2) is 97.1 Å². The number of para-hydroxylation sites is 3. The smallest absolute Gasteiger partial charge is 0.146 e. The van der Waals surface area contributed by atoms with E-state index in [0.29, 0.717) is 0 Å². The van der Waals surface area contributed by atoms with E-state index < -0.39 is 0 Å². The molecule has 0 radical (unpaired) electrons. The molecule has 0 fully saturated rings. The second-order valence-corrected chi connectivity index (χ2v) is 9.16. The molecule has 160 valence electrons. The van der Waals surface area contributed by atoms with Gasteiger partial charge in [0, 0.05) is 27.5 Å². The van der Waals surface area contributed by atoms with Crippen LogP contribution in [0.25, 0.3) is 61.0 Å². The molecule has 0 N–H and O–H groups in total. The summed E-state index contributed by atoms with van der Waals surface area (Å²) in [5.74, 6) is 0. The molecule has 1 aliphatic carbocycles. The maximum absolute atomic E-state index is 5.01. The van der Waals surface area contributed by atoms with E-state index in [4.69, 9.17) is 4.98 Å². The highest BCUT2D eigenvalue weighted by Gasteiger charge is 2.19. The first-order valence-electron chi connectivity index (χ1n) is 11.9. The van der Waals surface area contributed by atoms with E-state index in [-0.39, 0.29) is 0 Å². The van der Waals surface area contributed by atoms with Crippen molar-refractivity contribution in [3.63, 3.8) is 0 Å². The maximum atomic E-state index is 5.01. The van der Waals surface area contributed by atoms with Gasteiger partial charge in [-0.05, 0) is 66.3 Å². The molecule has 0 aliphatic heterocycles. The van der Waals surface area contributed by atoms with Gasteiger partial charge >= 0.3 is 0 Å². The third-order valence-electron chi connectivity index (χ3n) is 7.36. The lowest BCUT2D eigenvalue weighted by molar-refractivity contribution is 0.968. The van der Waals surface area contributed by atoms with Gasteiger partial charge in [-0.15, -0.1) is 0 Å². The Morgan fingerprint density at radius 3 is 2.32 bits per heavy atom. The van der Waals surface area contributed by atoms with Crippen molar-refractivity contribution in [1.29, 1.82) is 0 Å². The molecule has 3 aromatic heterocycles. The Hall–Kier alpha value is -4.37. The van der Waals surface area contributed by atoms with E-state index in [9.17, 15) is 0 Å². The number of benzene rings is 4. The van der Waals surface area contributed by atoms with Crippen LogP contribution in [0, 0.1) is 0 Å². The van der Waals surface area contributed by atoms with Gasteiger partial charge in [0.1, 0.15) is 5.65 Å².